The minimum atomic E-state index is -0.0157. The van der Waals surface area contributed by atoms with E-state index in [0.29, 0.717) is 0 Å². The second-order valence-corrected chi connectivity index (χ2v) is 4.20. The van der Waals surface area contributed by atoms with Crippen LogP contribution in [0.4, 0.5) is 0 Å². The number of rotatable bonds is 2. The van der Waals surface area contributed by atoms with E-state index < -0.39 is 0 Å². The average Bonchev–Trinajstić information content (AvgIpc) is 2.70. The topological polar surface area (TPSA) is 38.9 Å². The van der Waals surface area contributed by atoms with Crippen LogP contribution in [-0.4, -0.2) is 4.98 Å². The van der Waals surface area contributed by atoms with Crippen molar-refractivity contribution in [2.75, 3.05) is 0 Å². The van der Waals surface area contributed by atoms with Crippen LogP contribution in [0.1, 0.15) is 22.0 Å². The highest BCUT2D eigenvalue weighted by molar-refractivity contribution is 7.10. The van der Waals surface area contributed by atoms with Crippen LogP contribution in [0, 0.1) is 6.92 Å². The Hall–Kier alpha value is -1.19. The van der Waals surface area contributed by atoms with Crippen LogP contribution in [0.15, 0.2) is 36.0 Å². The molecule has 2 nitrogen and oxygen atoms in total. The van der Waals surface area contributed by atoms with Gasteiger partial charge < -0.3 is 5.73 Å². The molecule has 72 valence electrons. The van der Waals surface area contributed by atoms with Gasteiger partial charge in [-0.3, -0.25) is 4.98 Å². The summed E-state index contributed by atoms with van der Waals surface area (Å²) in [5.41, 5.74) is 8.45. The van der Waals surface area contributed by atoms with Gasteiger partial charge in [-0.25, -0.2) is 0 Å². The van der Waals surface area contributed by atoms with Gasteiger partial charge >= 0.3 is 0 Å². The average molecular weight is 204 g/mol. The third-order valence-electron chi connectivity index (χ3n) is 2.25. The first-order chi connectivity index (χ1) is 6.79. The minimum absolute atomic E-state index is 0.0157. The van der Waals surface area contributed by atoms with Gasteiger partial charge in [-0.1, -0.05) is 6.07 Å². The number of pyridine rings is 1. The Balaban J connectivity index is 2.37. The molecule has 0 aliphatic rings. The van der Waals surface area contributed by atoms with E-state index in [9.17, 15) is 0 Å². The van der Waals surface area contributed by atoms with Gasteiger partial charge in [0.05, 0.1) is 6.04 Å². The lowest BCUT2D eigenvalue weighted by atomic mass is 10.0. The molecule has 0 amide bonds. The van der Waals surface area contributed by atoms with Gasteiger partial charge in [0, 0.05) is 17.3 Å². The van der Waals surface area contributed by atoms with Crippen molar-refractivity contribution in [1.29, 1.82) is 0 Å². The monoisotopic (exact) mass is 204 g/mol. The van der Waals surface area contributed by atoms with E-state index >= 15 is 0 Å². The van der Waals surface area contributed by atoms with Gasteiger partial charge in [-0.15, -0.1) is 11.3 Å². The SMILES string of the molecule is Cc1cnccc1C(N)c1cccs1. The summed E-state index contributed by atoms with van der Waals surface area (Å²) in [6.07, 6.45) is 3.64. The summed E-state index contributed by atoms with van der Waals surface area (Å²) in [6, 6.07) is 6.06. The molecule has 0 spiro atoms. The lowest BCUT2D eigenvalue weighted by molar-refractivity contribution is 0.877. The van der Waals surface area contributed by atoms with Crippen LogP contribution in [0.5, 0.6) is 0 Å². The van der Waals surface area contributed by atoms with Gasteiger partial charge in [0.15, 0.2) is 0 Å². The van der Waals surface area contributed by atoms with Crippen LogP contribution in [0.3, 0.4) is 0 Å². The third-order valence-corrected chi connectivity index (χ3v) is 3.20. The number of hydrogen-bond donors (Lipinski definition) is 1. The smallest absolute Gasteiger partial charge is 0.0649 e. The van der Waals surface area contributed by atoms with Crippen molar-refractivity contribution in [2.45, 2.75) is 13.0 Å². The molecule has 2 aromatic heterocycles. The van der Waals surface area contributed by atoms with Crippen molar-refractivity contribution < 1.29 is 0 Å². The van der Waals surface area contributed by atoms with E-state index in [-0.39, 0.29) is 6.04 Å². The molecule has 0 saturated carbocycles. The zero-order valence-corrected chi connectivity index (χ0v) is 8.79. The van der Waals surface area contributed by atoms with Crippen LogP contribution >= 0.6 is 11.3 Å². The molecule has 0 fully saturated rings. The van der Waals surface area contributed by atoms with Crippen molar-refractivity contribution in [3.8, 4) is 0 Å². The van der Waals surface area contributed by atoms with E-state index in [4.69, 9.17) is 5.73 Å². The highest BCUT2D eigenvalue weighted by atomic mass is 32.1. The zero-order valence-electron chi connectivity index (χ0n) is 7.97. The predicted molar refractivity (Wildman–Crippen MR) is 59.3 cm³/mol. The molecule has 2 rings (SSSR count). The molecule has 0 bridgehead atoms. The molecule has 0 radical (unpaired) electrons. The molecule has 14 heavy (non-hydrogen) atoms. The van der Waals surface area contributed by atoms with E-state index in [1.807, 2.05) is 30.6 Å². The fraction of sp³-hybridized carbons (Fsp3) is 0.182. The lowest BCUT2D eigenvalue weighted by Crippen LogP contribution is -2.11. The fourth-order valence-corrected chi connectivity index (χ4v) is 2.20. The van der Waals surface area contributed by atoms with Crippen molar-refractivity contribution in [2.24, 2.45) is 5.73 Å². The summed E-state index contributed by atoms with van der Waals surface area (Å²) >= 11 is 1.69. The van der Waals surface area contributed by atoms with Crippen LogP contribution < -0.4 is 5.73 Å². The highest BCUT2D eigenvalue weighted by Crippen LogP contribution is 2.25. The first-order valence-electron chi connectivity index (χ1n) is 4.48. The Morgan fingerprint density at radius 1 is 1.43 bits per heavy atom. The summed E-state index contributed by atoms with van der Waals surface area (Å²) in [5, 5.41) is 2.05. The summed E-state index contributed by atoms with van der Waals surface area (Å²) in [4.78, 5) is 5.25. The lowest BCUT2D eigenvalue weighted by Gasteiger charge is -2.12. The van der Waals surface area contributed by atoms with Gasteiger partial charge in [-0.2, -0.15) is 0 Å². The van der Waals surface area contributed by atoms with E-state index in [2.05, 4.69) is 11.1 Å². The molecule has 0 saturated heterocycles. The molecule has 0 aromatic carbocycles. The molecular weight excluding hydrogens is 192 g/mol. The maximum atomic E-state index is 6.14. The fourth-order valence-electron chi connectivity index (χ4n) is 1.45. The second-order valence-electron chi connectivity index (χ2n) is 3.23. The summed E-state index contributed by atoms with van der Waals surface area (Å²) in [6.45, 7) is 2.04. The Bertz CT molecular complexity index is 409. The number of nitrogens with two attached hydrogens (primary N) is 1. The number of aromatic nitrogens is 1. The van der Waals surface area contributed by atoms with Crippen molar-refractivity contribution >= 4 is 11.3 Å². The molecule has 3 heteroatoms. The number of thiophene rings is 1. The Morgan fingerprint density at radius 2 is 2.29 bits per heavy atom. The molecule has 2 heterocycles. The molecule has 2 N–H and O–H groups in total. The van der Waals surface area contributed by atoms with E-state index in [1.54, 1.807) is 17.5 Å². The zero-order chi connectivity index (χ0) is 9.97. The van der Waals surface area contributed by atoms with Crippen LogP contribution in [0.25, 0.3) is 0 Å². The molecule has 1 atom stereocenters. The van der Waals surface area contributed by atoms with Crippen molar-refractivity contribution in [1.82, 2.24) is 4.98 Å². The van der Waals surface area contributed by atoms with Gasteiger partial charge in [0.2, 0.25) is 0 Å². The number of hydrogen-bond acceptors (Lipinski definition) is 3. The quantitative estimate of drug-likeness (QED) is 0.816. The van der Waals surface area contributed by atoms with E-state index in [1.165, 1.54) is 4.88 Å². The maximum Gasteiger partial charge on any atom is 0.0649 e. The maximum absolute atomic E-state index is 6.14. The largest absolute Gasteiger partial charge is 0.320 e. The second kappa shape index (κ2) is 3.90. The summed E-state index contributed by atoms with van der Waals surface area (Å²) in [7, 11) is 0. The molecule has 1 unspecified atom stereocenters. The number of nitrogens with zero attached hydrogens (tertiary/aromatic N) is 1. The van der Waals surface area contributed by atoms with Gasteiger partial charge in [0.25, 0.3) is 0 Å². The summed E-state index contributed by atoms with van der Waals surface area (Å²) < 4.78 is 0. The number of aryl methyl sites for hydroxylation is 1. The molecule has 0 aliphatic heterocycles. The first-order valence-corrected chi connectivity index (χ1v) is 5.36. The standard InChI is InChI=1S/C11H12N2S/c1-8-7-13-5-4-9(8)11(12)10-3-2-6-14-10/h2-7,11H,12H2,1H3. The summed E-state index contributed by atoms with van der Waals surface area (Å²) in [5.74, 6) is 0. The molecule has 0 aliphatic carbocycles. The minimum Gasteiger partial charge on any atom is -0.320 e. The molecular formula is C11H12N2S. The van der Waals surface area contributed by atoms with Crippen LogP contribution in [-0.2, 0) is 0 Å². The Labute approximate surface area is 87.4 Å². The van der Waals surface area contributed by atoms with E-state index in [0.717, 1.165) is 11.1 Å². The Morgan fingerprint density at radius 3 is 2.93 bits per heavy atom. The van der Waals surface area contributed by atoms with Gasteiger partial charge in [0.1, 0.15) is 0 Å². The van der Waals surface area contributed by atoms with Crippen molar-refractivity contribution in [3.63, 3.8) is 0 Å². The normalized spacial score (nSPS) is 12.7. The molecule has 2 aromatic rings. The first kappa shape index (κ1) is 9.37. The third kappa shape index (κ3) is 1.69. The highest BCUT2D eigenvalue weighted by Gasteiger charge is 2.11. The van der Waals surface area contributed by atoms with Crippen molar-refractivity contribution in [3.05, 3.63) is 52.0 Å². The van der Waals surface area contributed by atoms with Crippen LogP contribution in [0.2, 0.25) is 0 Å². The predicted octanol–water partition coefficient (Wildman–Crippen LogP) is 2.50. The Kier molecular flexibility index (Phi) is 2.61. The van der Waals surface area contributed by atoms with Gasteiger partial charge in [-0.05, 0) is 35.6 Å².